The van der Waals surface area contributed by atoms with Crippen LogP contribution in [-0.2, 0) is 11.3 Å². The summed E-state index contributed by atoms with van der Waals surface area (Å²) in [5.74, 6) is -0.516. The van der Waals surface area contributed by atoms with Gasteiger partial charge in [0, 0.05) is 36.3 Å². The first-order valence-corrected chi connectivity index (χ1v) is 9.39. The summed E-state index contributed by atoms with van der Waals surface area (Å²) in [6, 6.07) is 14.6. The van der Waals surface area contributed by atoms with Crippen LogP contribution in [0.25, 0.3) is 0 Å². The maximum absolute atomic E-state index is 12.4. The molecular weight excluding hydrogens is 364 g/mol. The van der Waals surface area contributed by atoms with E-state index in [0.29, 0.717) is 11.1 Å². The van der Waals surface area contributed by atoms with Gasteiger partial charge in [-0.05, 0) is 54.8 Å². The van der Waals surface area contributed by atoms with E-state index in [1.165, 1.54) is 12.7 Å². The van der Waals surface area contributed by atoms with Crippen molar-refractivity contribution in [2.24, 2.45) is 0 Å². The lowest BCUT2D eigenvalue weighted by Crippen LogP contribution is -2.44. The summed E-state index contributed by atoms with van der Waals surface area (Å²) in [6.07, 6.45) is 1.83. The van der Waals surface area contributed by atoms with Crippen molar-refractivity contribution in [2.45, 2.75) is 25.4 Å². The molecule has 0 radical (unpaired) electrons. The van der Waals surface area contributed by atoms with Crippen LogP contribution >= 0.6 is 11.6 Å². The van der Waals surface area contributed by atoms with E-state index in [9.17, 15) is 9.59 Å². The molecule has 1 aliphatic heterocycles. The summed E-state index contributed by atoms with van der Waals surface area (Å²) < 4.78 is 4.67. The van der Waals surface area contributed by atoms with Gasteiger partial charge < -0.3 is 10.1 Å². The quantitative estimate of drug-likeness (QED) is 0.799. The van der Waals surface area contributed by atoms with Gasteiger partial charge in [0.15, 0.2) is 0 Å². The van der Waals surface area contributed by atoms with Gasteiger partial charge in [-0.1, -0.05) is 23.7 Å². The predicted octanol–water partition coefficient (Wildman–Crippen LogP) is 3.52. The molecule has 0 spiro atoms. The SMILES string of the molecule is COC(=O)c1ccc(C(=O)NC2CCN(Cc3ccc(Cl)cc3)CC2)cc1. The van der Waals surface area contributed by atoms with Crippen LogP contribution in [0.4, 0.5) is 0 Å². The summed E-state index contributed by atoms with van der Waals surface area (Å²) in [5, 5.41) is 3.84. The first-order chi connectivity index (χ1) is 13.0. The highest BCUT2D eigenvalue weighted by Crippen LogP contribution is 2.16. The van der Waals surface area contributed by atoms with Gasteiger partial charge in [0.25, 0.3) is 5.91 Å². The molecule has 1 amide bonds. The third-order valence-electron chi connectivity index (χ3n) is 4.81. The number of hydrogen-bond donors (Lipinski definition) is 1. The molecule has 0 bridgehead atoms. The lowest BCUT2D eigenvalue weighted by molar-refractivity contribution is 0.0600. The second-order valence-corrected chi connectivity index (χ2v) is 7.16. The molecule has 0 aromatic heterocycles. The number of esters is 1. The van der Waals surface area contributed by atoms with Crippen LogP contribution in [0.2, 0.25) is 5.02 Å². The average molecular weight is 387 g/mol. The Morgan fingerprint density at radius 1 is 1.04 bits per heavy atom. The Balaban J connectivity index is 1.47. The van der Waals surface area contributed by atoms with Gasteiger partial charge >= 0.3 is 5.97 Å². The average Bonchev–Trinajstić information content (AvgIpc) is 2.70. The molecule has 1 N–H and O–H groups in total. The van der Waals surface area contributed by atoms with Crippen molar-refractivity contribution in [3.8, 4) is 0 Å². The number of rotatable bonds is 5. The summed E-state index contributed by atoms with van der Waals surface area (Å²) in [7, 11) is 1.34. The minimum absolute atomic E-state index is 0.109. The summed E-state index contributed by atoms with van der Waals surface area (Å²) >= 11 is 5.93. The van der Waals surface area contributed by atoms with Crippen LogP contribution in [0.5, 0.6) is 0 Å². The van der Waals surface area contributed by atoms with Crippen molar-refractivity contribution in [3.63, 3.8) is 0 Å². The lowest BCUT2D eigenvalue weighted by Gasteiger charge is -2.32. The molecule has 1 heterocycles. The fourth-order valence-electron chi connectivity index (χ4n) is 3.23. The Morgan fingerprint density at radius 2 is 1.63 bits per heavy atom. The molecule has 27 heavy (non-hydrogen) atoms. The Labute approximate surface area is 164 Å². The summed E-state index contributed by atoms with van der Waals surface area (Å²) in [4.78, 5) is 26.3. The standard InChI is InChI=1S/C21H23ClN2O3/c1-27-21(26)17-6-4-16(5-7-17)20(25)23-19-10-12-24(13-11-19)14-15-2-8-18(22)9-3-15/h2-9,19H,10-14H2,1H3,(H,23,25). The van der Waals surface area contributed by atoms with Gasteiger partial charge in [-0.2, -0.15) is 0 Å². The second-order valence-electron chi connectivity index (χ2n) is 6.72. The highest BCUT2D eigenvalue weighted by molar-refractivity contribution is 6.30. The number of likely N-dealkylation sites (tertiary alicyclic amines) is 1. The van der Waals surface area contributed by atoms with Gasteiger partial charge in [0.2, 0.25) is 0 Å². The number of carbonyl (C=O) groups excluding carboxylic acids is 2. The van der Waals surface area contributed by atoms with Crippen molar-refractivity contribution in [3.05, 3.63) is 70.2 Å². The number of ether oxygens (including phenoxy) is 1. The third-order valence-corrected chi connectivity index (χ3v) is 5.06. The largest absolute Gasteiger partial charge is 0.465 e. The summed E-state index contributed by atoms with van der Waals surface area (Å²) in [5.41, 5.74) is 2.23. The van der Waals surface area contributed by atoms with E-state index < -0.39 is 5.97 Å². The molecule has 0 unspecified atom stereocenters. The number of hydrogen-bond acceptors (Lipinski definition) is 4. The van der Waals surface area contributed by atoms with Crippen LogP contribution < -0.4 is 5.32 Å². The number of methoxy groups -OCH3 is 1. The molecule has 0 saturated carbocycles. The van der Waals surface area contributed by atoms with E-state index in [1.54, 1.807) is 24.3 Å². The van der Waals surface area contributed by atoms with Crippen molar-refractivity contribution in [1.82, 2.24) is 10.2 Å². The summed E-state index contributed by atoms with van der Waals surface area (Å²) in [6.45, 7) is 2.77. The van der Waals surface area contributed by atoms with Crippen LogP contribution in [0.3, 0.4) is 0 Å². The van der Waals surface area contributed by atoms with Crippen molar-refractivity contribution >= 4 is 23.5 Å². The molecule has 1 saturated heterocycles. The molecule has 2 aromatic carbocycles. The monoisotopic (exact) mass is 386 g/mol. The van der Waals surface area contributed by atoms with E-state index in [2.05, 4.69) is 15.0 Å². The van der Waals surface area contributed by atoms with Crippen molar-refractivity contribution in [2.75, 3.05) is 20.2 Å². The Kier molecular flexibility index (Phi) is 6.48. The van der Waals surface area contributed by atoms with Gasteiger partial charge in [-0.15, -0.1) is 0 Å². The second kappa shape index (κ2) is 9.02. The fourth-order valence-corrected chi connectivity index (χ4v) is 3.35. The normalized spacial score (nSPS) is 15.3. The zero-order valence-electron chi connectivity index (χ0n) is 15.3. The van der Waals surface area contributed by atoms with Gasteiger partial charge in [-0.3, -0.25) is 9.69 Å². The van der Waals surface area contributed by atoms with Gasteiger partial charge in [0.05, 0.1) is 12.7 Å². The number of nitrogens with one attached hydrogen (secondary N) is 1. The Morgan fingerprint density at radius 3 is 2.22 bits per heavy atom. The molecule has 0 atom stereocenters. The maximum Gasteiger partial charge on any atom is 0.337 e. The third kappa shape index (κ3) is 5.31. The number of benzene rings is 2. The molecule has 2 aromatic rings. The number of halogens is 1. The number of amides is 1. The Bertz CT molecular complexity index is 782. The molecule has 1 aliphatic rings. The Hall–Kier alpha value is -2.37. The zero-order chi connectivity index (χ0) is 19.2. The molecule has 142 valence electrons. The first kappa shape index (κ1) is 19.4. The van der Waals surface area contributed by atoms with Crippen LogP contribution in [0.15, 0.2) is 48.5 Å². The van der Waals surface area contributed by atoms with E-state index in [-0.39, 0.29) is 11.9 Å². The lowest BCUT2D eigenvalue weighted by atomic mass is 10.0. The predicted molar refractivity (Wildman–Crippen MR) is 105 cm³/mol. The van der Waals surface area contributed by atoms with Crippen LogP contribution in [-0.4, -0.2) is 43.0 Å². The molecule has 6 heteroatoms. The molecule has 3 rings (SSSR count). The van der Waals surface area contributed by atoms with E-state index in [0.717, 1.165) is 37.5 Å². The number of carbonyl (C=O) groups is 2. The highest BCUT2D eigenvalue weighted by Gasteiger charge is 2.21. The minimum atomic E-state index is -0.407. The molecule has 1 fully saturated rings. The van der Waals surface area contributed by atoms with Crippen LogP contribution in [0.1, 0.15) is 39.1 Å². The molecule has 5 nitrogen and oxygen atoms in total. The van der Waals surface area contributed by atoms with Gasteiger partial charge in [-0.25, -0.2) is 4.79 Å². The van der Waals surface area contributed by atoms with Crippen molar-refractivity contribution in [1.29, 1.82) is 0 Å². The number of nitrogens with zero attached hydrogens (tertiary/aromatic N) is 1. The number of piperidine rings is 1. The zero-order valence-corrected chi connectivity index (χ0v) is 16.0. The van der Waals surface area contributed by atoms with Crippen molar-refractivity contribution < 1.29 is 14.3 Å². The van der Waals surface area contributed by atoms with Crippen LogP contribution in [0, 0.1) is 0 Å². The smallest absolute Gasteiger partial charge is 0.337 e. The topological polar surface area (TPSA) is 58.6 Å². The fraction of sp³-hybridized carbons (Fsp3) is 0.333. The highest BCUT2D eigenvalue weighted by atomic mass is 35.5. The molecule has 0 aliphatic carbocycles. The maximum atomic E-state index is 12.4. The molecular formula is C21H23ClN2O3. The van der Waals surface area contributed by atoms with E-state index in [4.69, 9.17) is 11.6 Å². The van der Waals surface area contributed by atoms with Gasteiger partial charge in [0.1, 0.15) is 0 Å². The first-order valence-electron chi connectivity index (χ1n) is 9.01. The van der Waals surface area contributed by atoms with E-state index >= 15 is 0 Å². The minimum Gasteiger partial charge on any atom is -0.465 e. The van der Waals surface area contributed by atoms with E-state index in [1.807, 2.05) is 24.3 Å².